The number of carbonyl (C=O) groups excluding carboxylic acids is 1. The topological polar surface area (TPSA) is 46.3 Å². The SMILES string of the molecule is CCc1ccc(C(=O)N2CCC(CN)C2)cc1. The molecule has 1 saturated heterocycles. The molecule has 17 heavy (non-hydrogen) atoms. The number of likely N-dealkylation sites (tertiary alicyclic amines) is 1. The molecule has 92 valence electrons. The summed E-state index contributed by atoms with van der Waals surface area (Å²) < 4.78 is 0. The summed E-state index contributed by atoms with van der Waals surface area (Å²) in [7, 11) is 0. The van der Waals surface area contributed by atoms with Gasteiger partial charge in [-0.2, -0.15) is 0 Å². The van der Waals surface area contributed by atoms with E-state index in [1.54, 1.807) is 0 Å². The molecule has 3 nitrogen and oxygen atoms in total. The van der Waals surface area contributed by atoms with Gasteiger partial charge in [0.25, 0.3) is 5.91 Å². The third-order valence-electron chi connectivity index (χ3n) is 3.52. The minimum atomic E-state index is 0.142. The van der Waals surface area contributed by atoms with Gasteiger partial charge in [-0.15, -0.1) is 0 Å². The summed E-state index contributed by atoms with van der Waals surface area (Å²) in [4.78, 5) is 14.1. The van der Waals surface area contributed by atoms with Crippen LogP contribution < -0.4 is 5.73 Å². The van der Waals surface area contributed by atoms with Crippen LogP contribution in [0.25, 0.3) is 0 Å². The molecule has 3 heteroatoms. The molecule has 1 heterocycles. The van der Waals surface area contributed by atoms with Crippen LogP contribution in [0.3, 0.4) is 0 Å². The maximum Gasteiger partial charge on any atom is 0.253 e. The third kappa shape index (κ3) is 2.67. The maximum atomic E-state index is 12.2. The van der Waals surface area contributed by atoms with E-state index in [0.29, 0.717) is 12.5 Å². The first-order valence-electron chi connectivity index (χ1n) is 6.33. The number of benzene rings is 1. The van der Waals surface area contributed by atoms with E-state index in [-0.39, 0.29) is 5.91 Å². The molecular weight excluding hydrogens is 212 g/mol. The van der Waals surface area contributed by atoms with Gasteiger partial charge < -0.3 is 10.6 Å². The van der Waals surface area contributed by atoms with E-state index in [0.717, 1.165) is 31.5 Å². The van der Waals surface area contributed by atoms with E-state index in [1.165, 1.54) is 5.56 Å². The molecule has 2 rings (SSSR count). The van der Waals surface area contributed by atoms with E-state index in [2.05, 4.69) is 6.92 Å². The quantitative estimate of drug-likeness (QED) is 0.861. The molecule has 1 amide bonds. The number of rotatable bonds is 3. The first-order chi connectivity index (χ1) is 8.24. The van der Waals surface area contributed by atoms with Crippen molar-refractivity contribution in [2.45, 2.75) is 19.8 Å². The second kappa shape index (κ2) is 5.32. The summed E-state index contributed by atoms with van der Waals surface area (Å²) >= 11 is 0. The number of carbonyl (C=O) groups is 1. The van der Waals surface area contributed by atoms with Crippen LogP contribution in [0, 0.1) is 5.92 Å². The van der Waals surface area contributed by atoms with Crippen LogP contribution in [-0.4, -0.2) is 30.4 Å². The summed E-state index contributed by atoms with van der Waals surface area (Å²) in [5.41, 5.74) is 7.69. The Bertz CT molecular complexity index is 386. The zero-order valence-electron chi connectivity index (χ0n) is 10.4. The largest absolute Gasteiger partial charge is 0.338 e. The normalized spacial score (nSPS) is 19.6. The summed E-state index contributed by atoms with van der Waals surface area (Å²) in [5.74, 6) is 0.623. The fourth-order valence-corrected chi connectivity index (χ4v) is 2.28. The van der Waals surface area contributed by atoms with Gasteiger partial charge in [0.2, 0.25) is 0 Å². The Hall–Kier alpha value is -1.35. The lowest BCUT2D eigenvalue weighted by atomic mass is 10.1. The van der Waals surface area contributed by atoms with Crippen molar-refractivity contribution in [3.8, 4) is 0 Å². The Morgan fingerprint density at radius 1 is 1.41 bits per heavy atom. The first-order valence-corrected chi connectivity index (χ1v) is 6.33. The second-order valence-corrected chi connectivity index (χ2v) is 4.69. The van der Waals surface area contributed by atoms with Gasteiger partial charge in [0.05, 0.1) is 0 Å². The molecule has 2 N–H and O–H groups in total. The molecule has 1 aromatic carbocycles. The molecule has 0 saturated carbocycles. The minimum Gasteiger partial charge on any atom is -0.338 e. The molecule has 0 radical (unpaired) electrons. The van der Waals surface area contributed by atoms with Crippen LogP contribution in [-0.2, 0) is 6.42 Å². The first kappa shape index (κ1) is 12.1. The van der Waals surface area contributed by atoms with Crippen molar-refractivity contribution in [3.63, 3.8) is 0 Å². The van der Waals surface area contributed by atoms with Gasteiger partial charge >= 0.3 is 0 Å². The van der Waals surface area contributed by atoms with Crippen LogP contribution in [0.4, 0.5) is 0 Å². The van der Waals surface area contributed by atoms with Gasteiger partial charge in [-0.25, -0.2) is 0 Å². The molecule has 0 bridgehead atoms. The van der Waals surface area contributed by atoms with E-state index >= 15 is 0 Å². The zero-order chi connectivity index (χ0) is 12.3. The third-order valence-corrected chi connectivity index (χ3v) is 3.52. The number of nitrogens with two attached hydrogens (primary N) is 1. The minimum absolute atomic E-state index is 0.142. The van der Waals surface area contributed by atoms with Crippen molar-refractivity contribution in [1.82, 2.24) is 4.90 Å². The summed E-state index contributed by atoms with van der Waals surface area (Å²) in [5, 5.41) is 0. The van der Waals surface area contributed by atoms with Crippen molar-refractivity contribution in [1.29, 1.82) is 0 Å². The highest BCUT2D eigenvalue weighted by molar-refractivity contribution is 5.94. The van der Waals surface area contributed by atoms with E-state index in [4.69, 9.17) is 5.73 Å². The van der Waals surface area contributed by atoms with Crippen LogP contribution in [0.1, 0.15) is 29.3 Å². The van der Waals surface area contributed by atoms with Gasteiger partial charge in [0.15, 0.2) is 0 Å². The average molecular weight is 232 g/mol. The standard InChI is InChI=1S/C14H20N2O/c1-2-11-3-5-13(6-4-11)14(17)16-8-7-12(9-15)10-16/h3-6,12H,2,7-10,15H2,1H3. The summed E-state index contributed by atoms with van der Waals surface area (Å²) in [6, 6.07) is 7.92. The summed E-state index contributed by atoms with van der Waals surface area (Å²) in [6.45, 7) is 4.45. The number of amides is 1. The van der Waals surface area contributed by atoms with E-state index < -0.39 is 0 Å². The van der Waals surface area contributed by atoms with Crippen LogP contribution >= 0.6 is 0 Å². The average Bonchev–Trinajstić information content (AvgIpc) is 2.87. The Labute approximate surface area is 103 Å². The predicted molar refractivity (Wildman–Crippen MR) is 68.9 cm³/mol. The molecule has 1 aliphatic heterocycles. The van der Waals surface area contributed by atoms with Crippen molar-refractivity contribution >= 4 is 5.91 Å². The highest BCUT2D eigenvalue weighted by Crippen LogP contribution is 2.18. The Balaban J connectivity index is 2.04. The van der Waals surface area contributed by atoms with Crippen LogP contribution in [0.2, 0.25) is 0 Å². The molecule has 1 fully saturated rings. The lowest BCUT2D eigenvalue weighted by Crippen LogP contribution is -2.29. The Morgan fingerprint density at radius 3 is 2.65 bits per heavy atom. The molecule has 1 aliphatic rings. The van der Waals surface area contributed by atoms with Gasteiger partial charge in [0.1, 0.15) is 0 Å². The Kier molecular flexibility index (Phi) is 3.79. The molecule has 0 aliphatic carbocycles. The van der Waals surface area contributed by atoms with Gasteiger partial charge in [-0.1, -0.05) is 19.1 Å². The lowest BCUT2D eigenvalue weighted by molar-refractivity contribution is 0.0787. The number of nitrogens with zero attached hydrogens (tertiary/aromatic N) is 1. The predicted octanol–water partition coefficient (Wildman–Crippen LogP) is 1.67. The molecule has 1 atom stereocenters. The second-order valence-electron chi connectivity index (χ2n) is 4.69. The van der Waals surface area contributed by atoms with E-state index in [1.807, 2.05) is 29.2 Å². The van der Waals surface area contributed by atoms with Crippen LogP contribution in [0.15, 0.2) is 24.3 Å². The van der Waals surface area contributed by atoms with Crippen molar-refractivity contribution in [3.05, 3.63) is 35.4 Å². The molecule has 1 aromatic rings. The fraction of sp³-hybridized carbons (Fsp3) is 0.500. The smallest absolute Gasteiger partial charge is 0.253 e. The molecular formula is C14H20N2O. The van der Waals surface area contributed by atoms with Gasteiger partial charge in [-0.05, 0) is 43.0 Å². The van der Waals surface area contributed by atoms with Crippen molar-refractivity contribution in [2.75, 3.05) is 19.6 Å². The van der Waals surface area contributed by atoms with Gasteiger partial charge in [-0.3, -0.25) is 4.79 Å². The fourth-order valence-electron chi connectivity index (χ4n) is 2.28. The van der Waals surface area contributed by atoms with E-state index in [9.17, 15) is 4.79 Å². The zero-order valence-corrected chi connectivity index (χ0v) is 10.4. The molecule has 0 spiro atoms. The summed E-state index contributed by atoms with van der Waals surface area (Å²) in [6.07, 6.45) is 2.04. The van der Waals surface area contributed by atoms with Crippen molar-refractivity contribution in [2.24, 2.45) is 11.7 Å². The molecule has 1 unspecified atom stereocenters. The number of hydrogen-bond donors (Lipinski definition) is 1. The Morgan fingerprint density at radius 2 is 2.12 bits per heavy atom. The van der Waals surface area contributed by atoms with Gasteiger partial charge in [0, 0.05) is 18.7 Å². The lowest BCUT2D eigenvalue weighted by Gasteiger charge is -2.16. The monoisotopic (exact) mass is 232 g/mol. The highest BCUT2D eigenvalue weighted by Gasteiger charge is 2.25. The number of hydrogen-bond acceptors (Lipinski definition) is 2. The van der Waals surface area contributed by atoms with Crippen molar-refractivity contribution < 1.29 is 4.79 Å². The maximum absolute atomic E-state index is 12.2. The number of aryl methyl sites for hydroxylation is 1. The van der Waals surface area contributed by atoms with Crippen LogP contribution in [0.5, 0.6) is 0 Å². The highest BCUT2D eigenvalue weighted by atomic mass is 16.2. The molecule has 0 aromatic heterocycles.